The first-order valence-electron chi connectivity index (χ1n) is 7.54. The number of hydrogen-bond acceptors (Lipinski definition) is 7. The van der Waals surface area contributed by atoms with Gasteiger partial charge in [-0.25, -0.2) is 4.79 Å². The molecule has 1 aliphatic rings. The zero-order chi connectivity index (χ0) is 17.6. The Kier molecular flexibility index (Phi) is 5.30. The summed E-state index contributed by atoms with van der Waals surface area (Å²) < 4.78 is 9.86. The summed E-state index contributed by atoms with van der Waals surface area (Å²) in [5.41, 5.74) is 0.194. The third kappa shape index (κ3) is 4.16. The van der Waals surface area contributed by atoms with Gasteiger partial charge in [-0.15, -0.1) is 11.8 Å². The van der Waals surface area contributed by atoms with Crippen LogP contribution in [0.2, 0.25) is 0 Å². The van der Waals surface area contributed by atoms with E-state index in [9.17, 15) is 14.4 Å². The van der Waals surface area contributed by atoms with E-state index >= 15 is 0 Å². The fourth-order valence-corrected chi connectivity index (χ4v) is 3.09. The minimum atomic E-state index is -0.534. The molecular weight excluding hydrogens is 344 g/mol. The van der Waals surface area contributed by atoms with Crippen LogP contribution >= 0.6 is 11.8 Å². The molecule has 8 heteroatoms. The van der Waals surface area contributed by atoms with Crippen LogP contribution in [0.3, 0.4) is 0 Å². The van der Waals surface area contributed by atoms with E-state index in [1.807, 2.05) is 6.07 Å². The lowest BCUT2D eigenvalue weighted by Gasteiger charge is -2.10. The Morgan fingerprint density at radius 3 is 2.84 bits per heavy atom. The summed E-state index contributed by atoms with van der Waals surface area (Å²) in [5.74, 6) is 0.392. The van der Waals surface area contributed by atoms with Gasteiger partial charge in [0.05, 0.1) is 16.7 Å². The van der Waals surface area contributed by atoms with Gasteiger partial charge in [0.25, 0.3) is 0 Å². The number of nitrogens with zero attached hydrogens (tertiary/aromatic N) is 1. The first-order valence-corrected chi connectivity index (χ1v) is 8.52. The predicted octanol–water partition coefficient (Wildman–Crippen LogP) is 2.85. The SMILES string of the molecule is O=C(NCCCSC1=CC(=O)c2oncc2C1=O)Oc1ccccc1. The molecule has 3 rings (SSSR count). The van der Waals surface area contributed by atoms with Crippen LogP contribution in [0.5, 0.6) is 5.75 Å². The van der Waals surface area contributed by atoms with E-state index in [2.05, 4.69) is 10.5 Å². The molecule has 1 aromatic carbocycles. The molecule has 0 spiro atoms. The molecule has 0 fully saturated rings. The van der Waals surface area contributed by atoms with Crippen LogP contribution in [0.1, 0.15) is 27.3 Å². The Balaban J connectivity index is 1.40. The van der Waals surface area contributed by atoms with Crippen molar-refractivity contribution in [3.05, 3.63) is 58.8 Å². The molecule has 2 aromatic rings. The number of fused-ring (bicyclic) bond motifs is 1. The van der Waals surface area contributed by atoms with Gasteiger partial charge < -0.3 is 14.6 Å². The standard InChI is InChI=1S/C17H14N2O5S/c20-13-9-14(15(21)12-10-19-24-16(12)13)25-8-4-7-18-17(22)23-11-5-2-1-3-6-11/h1-3,5-6,9-10H,4,7-8H2,(H,18,22). The lowest BCUT2D eigenvalue weighted by Crippen LogP contribution is -2.28. The zero-order valence-electron chi connectivity index (χ0n) is 13.1. The second kappa shape index (κ2) is 7.80. The zero-order valence-corrected chi connectivity index (χ0v) is 13.9. The number of Topliss-reactive ketones (excluding diaryl/α,β-unsaturated/α-hetero) is 1. The lowest BCUT2D eigenvalue weighted by atomic mass is 10.0. The van der Waals surface area contributed by atoms with Crippen molar-refractivity contribution in [2.75, 3.05) is 12.3 Å². The number of carbonyl (C=O) groups excluding carboxylic acids is 3. The number of nitrogens with one attached hydrogen (secondary N) is 1. The Morgan fingerprint density at radius 2 is 2.04 bits per heavy atom. The molecule has 1 aromatic heterocycles. The third-order valence-corrected chi connectivity index (χ3v) is 4.43. The minimum Gasteiger partial charge on any atom is -0.410 e. The maximum atomic E-state index is 12.2. The van der Waals surface area contributed by atoms with Gasteiger partial charge >= 0.3 is 6.09 Å². The number of rotatable bonds is 6. The molecule has 128 valence electrons. The number of allylic oxidation sites excluding steroid dienone is 2. The maximum absolute atomic E-state index is 12.2. The second-order valence-electron chi connectivity index (χ2n) is 5.10. The fourth-order valence-electron chi connectivity index (χ4n) is 2.15. The van der Waals surface area contributed by atoms with E-state index in [0.717, 1.165) is 0 Å². The lowest BCUT2D eigenvalue weighted by molar-refractivity contribution is 0.0967. The van der Waals surface area contributed by atoms with Crippen LogP contribution in [0, 0.1) is 0 Å². The molecule has 0 saturated carbocycles. The number of hydrogen-bond donors (Lipinski definition) is 1. The van der Waals surface area contributed by atoms with Gasteiger partial charge in [-0.3, -0.25) is 9.59 Å². The summed E-state index contributed by atoms with van der Waals surface area (Å²) in [7, 11) is 0. The molecule has 7 nitrogen and oxygen atoms in total. The van der Waals surface area contributed by atoms with Gasteiger partial charge in [0.1, 0.15) is 5.75 Å². The van der Waals surface area contributed by atoms with E-state index in [-0.39, 0.29) is 22.9 Å². The molecule has 0 bridgehead atoms. The molecule has 1 amide bonds. The van der Waals surface area contributed by atoms with Gasteiger partial charge in [-0.05, 0) is 24.3 Å². The highest BCUT2D eigenvalue weighted by Crippen LogP contribution is 2.28. The van der Waals surface area contributed by atoms with Crippen molar-refractivity contribution < 1.29 is 23.6 Å². The van der Waals surface area contributed by atoms with Crippen molar-refractivity contribution in [3.63, 3.8) is 0 Å². The Morgan fingerprint density at radius 1 is 1.24 bits per heavy atom. The summed E-state index contributed by atoms with van der Waals surface area (Å²) in [6, 6.07) is 8.75. The van der Waals surface area contributed by atoms with Crippen molar-refractivity contribution in [1.29, 1.82) is 0 Å². The minimum absolute atomic E-state index is 0.0142. The highest BCUT2D eigenvalue weighted by Gasteiger charge is 2.29. The smallest absolute Gasteiger partial charge is 0.410 e. The van der Waals surface area contributed by atoms with E-state index in [4.69, 9.17) is 9.26 Å². The first-order chi connectivity index (χ1) is 12.1. The monoisotopic (exact) mass is 358 g/mol. The van der Waals surface area contributed by atoms with Crippen molar-refractivity contribution >= 4 is 29.4 Å². The Labute approximate surface area is 147 Å². The van der Waals surface area contributed by atoms with Gasteiger partial charge in [0.2, 0.25) is 17.3 Å². The number of carbonyl (C=O) groups is 3. The third-order valence-electron chi connectivity index (χ3n) is 3.33. The molecule has 0 atom stereocenters. The largest absolute Gasteiger partial charge is 0.412 e. The normalized spacial score (nSPS) is 13.2. The second-order valence-corrected chi connectivity index (χ2v) is 6.24. The Bertz CT molecular complexity index is 829. The number of para-hydroxylation sites is 1. The topological polar surface area (TPSA) is 98.5 Å². The summed E-state index contributed by atoms with van der Waals surface area (Å²) in [5, 5.41) is 6.11. The summed E-state index contributed by atoms with van der Waals surface area (Å²) in [6.07, 6.45) is 2.60. The first kappa shape index (κ1) is 17.0. The quantitative estimate of drug-likeness (QED) is 0.793. The molecule has 0 radical (unpaired) electrons. The molecule has 25 heavy (non-hydrogen) atoms. The van der Waals surface area contributed by atoms with Gasteiger partial charge in [0.15, 0.2) is 0 Å². The summed E-state index contributed by atoms with van der Waals surface area (Å²) >= 11 is 1.26. The van der Waals surface area contributed by atoms with Crippen molar-refractivity contribution in [2.24, 2.45) is 0 Å². The number of ketones is 2. The highest BCUT2D eigenvalue weighted by molar-refractivity contribution is 8.04. The van der Waals surface area contributed by atoms with Crippen LogP contribution in [0.4, 0.5) is 4.79 Å². The molecular formula is C17H14N2O5S. The van der Waals surface area contributed by atoms with Crippen LogP contribution in [0.15, 0.2) is 52.0 Å². The van der Waals surface area contributed by atoms with E-state index in [0.29, 0.717) is 29.4 Å². The summed E-state index contributed by atoms with van der Waals surface area (Å²) in [4.78, 5) is 35.9. The van der Waals surface area contributed by atoms with E-state index in [1.165, 1.54) is 24.0 Å². The van der Waals surface area contributed by atoms with Crippen LogP contribution in [-0.4, -0.2) is 35.1 Å². The Hall–Kier alpha value is -2.87. The molecule has 1 aliphatic carbocycles. The molecule has 0 saturated heterocycles. The number of ether oxygens (including phenoxy) is 1. The van der Waals surface area contributed by atoms with Crippen molar-refractivity contribution in [2.45, 2.75) is 6.42 Å². The number of benzene rings is 1. The van der Waals surface area contributed by atoms with Crippen LogP contribution in [-0.2, 0) is 0 Å². The van der Waals surface area contributed by atoms with E-state index in [1.54, 1.807) is 24.3 Å². The molecule has 1 heterocycles. The molecule has 0 unspecified atom stereocenters. The van der Waals surface area contributed by atoms with E-state index < -0.39 is 6.09 Å². The van der Waals surface area contributed by atoms with Gasteiger partial charge in [0, 0.05) is 12.6 Å². The highest BCUT2D eigenvalue weighted by atomic mass is 32.2. The van der Waals surface area contributed by atoms with Crippen LogP contribution < -0.4 is 10.1 Å². The van der Waals surface area contributed by atoms with Crippen LogP contribution in [0.25, 0.3) is 0 Å². The number of thioether (sulfide) groups is 1. The van der Waals surface area contributed by atoms with Crippen molar-refractivity contribution in [1.82, 2.24) is 10.5 Å². The summed E-state index contributed by atoms with van der Waals surface area (Å²) in [6.45, 7) is 0.395. The average molecular weight is 358 g/mol. The van der Waals surface area contributed by atoms with Crippen molar-refractivity contribution in [3.8, 4) is 5.75 Å². The fraction of sp³-hybridized carbons (Fsp3) is 0.176. The van der Waals surface area contributed by atoms with Gasteiger partial charge in [-0.2, -0.15) is 0 Å². The number of amides is 1. The maximum Gasteiger partial charge on any atom is 0.412 e. The van der Waals surface area contributed by atoms with Gasteiger partial charge in [-0.1, -0.05) is 23.4 Å². The number of aromatic nitrogens is 1. The molecule has 1 N–H and O–H groups in total. The average Bonchev–Trinajstić information content (AvgIpc) is 3.10. The predicted molar refractivity (Wildman–Crippen MR) is 90.8 cm³/mol. The molecule has 0 aliphatic heterocycles.